The fraction of sp³-hybridized carbons (Fsp3) is 0.750. The zero-order chi connectivity index (χ0) is 13.5. The number of nitrogens with zero attached hydrogens (tertiary/aromatic N) is 3. The van der Waals surface area contributed by atoms with Crippen LogP contribution in [0.2, 0.25) is 0 Å². The predicted octanol–water partition coefficient (Wildman–Crippen LogP) is 1.65. The lowest BCUT2D eigenvalue weighted by molar-refractivity contribution is 0.0588. The highest BCUT2D eigenvalue weighted by Gasteiger charge is 2.21. The summed E-state index contributed by atoms with van der Waals surface area (Å²) in [5.41, 5.74) is 0.918. The second kappa shape index (κ2) is 7.10. The van der Waals surface area contributed by atoms with Crippen LogP contribution < -0.4 is 0 Å². The molecule has 18 heavy (non-hydrogen) atoms. The summed E-state index contributed by atoms with van der Waals surface area (Å²) in [5, 5.41) is 7.91. The lowest BCUT2D eigenvalue weighted by Gasteiger charge is -2.13. The number of methoxy groups -OCH3 is 2. The average Bonchev–Trinajstić information content (AvgIpc) is 2.78. The van der Waals surface area contributed by atoms with Crippen molar-refractivity contribution in [3.8, 4) is 0 Å². The Bertz CT molecular complexity index is 386. The second-order valence-corrected chi connectivity index (χ2v) is 4.17. The molecule has 0 saturated carbocycles. The van der Waals surface area contributed by atoms with Crippen LogP contribution in [0.5, 0.6) is 0 Å². The van der Waals surface area contributed by atoms with Crippen LogP contribution in [0.4, 0.5) is 0 Å². The number of esters is 1. The van der Waals surface area contributed by atoms with Gasteiger partial charge in [-0.1, -0.05) is 31.9 Å². The van der Waals surface area contributed by atoms with Gasteiger partial charge in [0.15, 0.2) is 5.69 Å². The summed E-state index contributed by atoms with van der Waals surface area (Å²) in [5.74, 6) is 0.0469. The van der Waals surface area contributed by atoms with Crippen LogP contribution in [-0.4, -0.2) is 35.2 Å². The average molecular weight is 255 g/mol. The summed E-state index contributed by atoms with van der Waals surface area (Å²) in [7, 11) is 2.91. The minimum absolute atomic E-state index is 0.241. The number of hydrogen-bond acceptors (Lipinski definition) is 5. The van der Waals surface area contributed by atoms with Gasteiger partial charge in [-0.25, -0.2) is 9.48 Å². The summed E-state index contributed by atoms with van der Waals surface area (Å²) in [6.07, 6.45) is 2.13. The van der Waals surface area contributed by atoms with Crippen molar-refractivity contribution in [3.05, 3.63) is 11.4 Å². The number of ether oxygens (including phenoxy) is 2. The molecular formula is C12H21N3O3. The van der Waals surface area contributed by atoms with Gasteiger partial charge in [0, 0.05) is 13.7 Å². The van der Waals surface area contributed by atoms with Gasteiger partial charge in [0.25, 0.3) is 0 Å². The standard InChI is InChI=1S/C12H21N3O3/c1-5-9(6-2)7-15-10(8-17-3)11(13-14-15)12(16)18-4/h9H,5-8H2,1-4H3. The summed E-state index contributed by atoms with van der Waals surface area (Å²) in [6.45, 7) is 5.33. The quantitative estimate of drug-likeness (QED) is 0.693. The fourth-order valence-corrected chi connectivity index (χ4v) is 1.81. The lowest BCUT2D eigenvalue weighted by atomic mass is 10.0. The summed E-state index contributed by atoms with van der Waals surface area (Å²) < 4.78 is 11.5. The van der Waals surface area contributed by atoms with E-state index in [9.17, 15) is 4.79 Å². The minimum Gasteiger partial charge on any atom is -0.464 e. The molecule has 0 spiro atoms. The Kier molecular flexibility index (Phi) is 5.77. The molecular weight excluding hydrogens is 234 g/mol. The van der Waals surface area contributed by atoms with Crippen molar-refractivity contribution in [2.75, 3.05) is 14.2 Å². The first-order chi connectivity index (χ1) is 8.67. The molecule has 0 bridgehead atoms. The van der Waals surface area contributed by atoms with Gasteiger partial charge >= 0.3 is 5.97 Å². The highest BCUT2D eigenvalue weighted by molar-refractivity contribution is 5.88. The third-order valence-electron chi connectivity index (χ3n) is 3.08. The van der Waals surface area contributed by atoms with E-state index >= 15 is 0 Å². The number of carbonyl (C=O) groups excluding carboxylic acids is 1. The van der Waals surface area contributed by atoms with E-state index in [-0.39, 0.29) is 5.69 Å². The maximum Gasteiger partial charge on any atom is 0.360 e. The molecule has 0 N–H and O–H groups in total. The third kappa shape index (κ3) is 3.29. The first kappa shape index (κ1) is 14.6. The van der Waals surface area contributed by atoms with E-state index in [2.05, 4.69) is 28.9 Å². The van der Waals surface area contributed by atoms with Crippen LogP contribution in [-0.2, 0) is 22.6 Å². The van der Waals surface area contributed by atoms with Crippen molar-refractivity contribution in [2.24, 2.45) is 5.92 Å². The van der Waals surface area contributed by atoms with E-state index in [0.717, 1.165) is 19.4 Å². The van der Waals surface area contributed by atoms with Gasteiger partial charge in [0.1, 0.15) is 0 Å². The molecule has 6 heteroatoms. The van der Waals surface area contributed by atoms with E-state index in [4.69, 9.17) is 4.74 Å². The number of aromatic nitrogens is 3. The first-order valence-corrected chi connectivity index (χ1v) is 6.17. The van der Waals surface area contributed by atoms with Crippen molar-refractivity contribution in [1.29, 1.82) is 0 Å². The van der Waals surface area contributed by atoms with Gasteiger partial charge < -0.3 is 9.47 Å². The van der Waals surface area contributed by atoms with Gasteiger partial charge in [-0.15, -0.1) is 5.10 Å². The molecule has 1 aromatic rings. The largest absolute Gasteiger partial charge is 0.464 e. The Morgan fingerprint density at radius 3 is 2.50 bits per heavy atom. The summed E-state index contributed by atoms with van der Waals surface area (Å²) in [6, 6.07) is 0. The maximum atomic E-state index is 11.6. The van der Waals surface area contributed by atoms with Crippen LogP contribution in [0, 0.1) is 5.92 Å². The smallest absolute Gasteiger partial charge is 0.360 e. The molecule has 0 atom stereocenters. The topological polar surface area (TPSA) is 66.2 Å². The van der Waals surface area contributed by atoms with Gasteiger partial charge in [0.05, 0.1) is 19.4 Å². The van der Waals surface area contributed by atoms with Crippen LogP contribution in [0.3, 0.4) is 0 Å². The molecule has 0 fully saturated rings. The van der Waals surface area contributed by atoms with Crippen LogP contribution in [0.25, 0.3) is 0 Å². The molecule has 0 aromatic carbocycles. The van der Waals surface area contributed by atoms with Crippen molar-refractivity contribution in [2.45, 2.75) is 39.8 Å². The molecule has 0 saturated heterocycles. The number of carbonyl (C=O) groups is 1. The highest BCUT2D eigenvalue weighted by Crippen LogP contribution is 2.14. The number of rotatable bonds is 7. The summed E-state index contributed by atoms with van der Waals surface area (Å²) >= 11 is 0. The molecule has 0 radical (unpaired) electrons. The van der Waals surface area contributed by atoms with Gasteiger partial charge in [0.2, 0.25) is 0 Å². The van der Waals surface area contributed by atoms with Crippen molar-refractivity contribution in [3.63, 3.8) is 0 Å². The first-order valence-electron chi connectivity index (χ1n) is 6.17. The Morgan fingerprint density at radius 2 is 2.00 bits per heavy atom. The van der Waals surface area contributed by atoms with E-state index in [1.54, 1.807) is 11.8 Å². The van der Waals surface area contributed by atoms with Gasteiger partial charge in [-0.05, 0) is 5.92 Å². The van der Waals surface area contributed by atoms with E-state index in [1.807, 2.05) is 0 Å². The van der Waals surface area contributed by atoms with Crippen LogP contribution in [0.15, 0.2) is 0 Å². The van der Waals surface area contributed by atoms with E-state index < -0.39 is 5.97 Å². The molecule has 6 nitrogen and oxygen atoms in total. The lowest BCUT2D eigenvalue weighted by Crippen LogP contribution is -2.15. The zero-order valence-corrected chi connectivity index (χ0v) is 11.5. The molecule has 1 heterocycles. The molecule has 1 rings (SSSR count). The molecule has 0 aliphatic rings. The molecule has 1 aromatic heterocycles. The Morgan fingerprint density at radius 1 is 1.33 bits per heavy atom. The Labute approximate surface area is 107 Å². The van der Waals surface area contributed by atoms with Crippen molar-refractivity contribution < 1.29 is 14.3 Å². The minimum atomic E-state index is -0.474. The summed E-state index contributed by atoms with van der Waals surface area (Å²) in [4.78, 5) is 11.6. The van der Waals surface area contributed by atoms with Crippen molar-refractivity contribution >= 4 is 5.97 Å². The monoisotopic (exact) mass is 255 g/mol. The fourth-order valence-electron chi connectivity index (χ4n) is 1.81. The number of hydrogen-bond donors (Lipinski definition) is 0. The Balaban J connectivity index is 2.97. The second-order valence-electron chi connectivity index (χ2n) is 4.17. The van der Waals surface area contributed by atoms with Crippen LogP contribution >= 0.6 is 0 Å². The molecule has 0 aliphatic heterocycles. The molecule has 102 valence electrons. The van der Waals surface area contributed by atoms with Crippen LogP contribution in [0.1, 0.15) is 42.9 Å². The van der Waals surface area contributed by atoms with E-state index in [1.165, 1.54) is 7.11 Å². The molecule has 0 unspecified atom stereocenters. The third-order valence-corrected chi connectivity index (χ3v) is 3.08. The van der Waals surface area contributed by atoms with Gasteiger partial charge in [-0.2, -0.15) is 0 Å². The molecule has 0 aliphatic carbocycles. The van der Waals surface area contributed by atoms with Crippen molar-refractivity contribution in [1.82, 2.24) is 15.0 Å². The normalized spacial score (nSPS) is 10.9. The Hall–Kier alpha value is -1.43. The highest BCUT2D eigenvalue weighted by atomic mass is 16.5. The van der Waals surface area contributed by atoms with E-state index in [0.29, 0.717) is 18.2 Å². The predicted molar refractivity (Wildman–Crippen MR) is 66.1 cm³/mol. The maximum absolute atomic E-state index is 11.6. The SMILES string of the molecule is CCC(CC)Cn1nnc(C(=O)OC)c1COC. The van der Waals surface area contributed by atoms with Gasteiger partial charge in [-0.3, -0.25) is 0 Å². The zero-order valence-electron chi connectivity index (χ0n) is 11.5. The molecule has 0 amide bonds.